The van der Waals surface area contributed by atoms with E-state index in [0.717, 1.165) is 22.9 Å². The maximum Gasteiger partial charge on any atom is 0.226 e. The summed E-state index contributed by atoms with van der Waals surface area (Å²) < 4.78 is 1.18. The second kappa shape index (κ2) is 5.21. The summed E-state index contributed by atoms with van der Waals surface area (Å²) in [7, 11) is 0. The SMILES string of the molecule is CC(NC(=O)C1(C)CC(C)(Br)C1)c1ccc(Br)cc1. The van der Waals surface area contributed by atoms with Crippen molar-refractivity contribution in [3.63, 3.8) is 0 Å². The van der Waals surface area contributed by atoms with Crippen LogP contribution in [0.5, 0.6) is 0 Å². The molecule has 19 heavy (non-hydrogen) atoms. The van der Waals surface area contributed by atoms with Gasteiger partial charge < -0.3 is 5.32 Å². The highest BCUT2D eigenvalue weighted by Gasteiger charge is 2.52. The van der Waals surface area contributed by atoms with Gasteiger partial charge in [0.15, 0.2) is 0 Å². The molecule has 1 unspecified atom stereocenters. The zero-order valence-corrected chi connectivity index (χ0v) is 14.6. The van der Waals surface area contributed by atoms with Crippen LogP contribution in [0, 0.1) is 5.41 Å². The van der Waals surface area contributed by atoms with Crippen LogP contribution in [0.4, 0.5) is 0 Å². The maximum absolute atomic E-state index is 12.3. The lowest BCUT2D eigenvalue weighted by Crippen LogP contribution is -2.53. The second-order valence-electron chi connectivity index (χ2n) is 6.07. The molecule has 1 N–H and O–H groups in total. The van der Waals surface area contributed by atoms with Gasteiger partial charge in [-0.1, -0.05) is 50.9 Å². The van der Waals surface area contributed by atoms with E-state index in [9.17, 15) is 4.79 Å². The number of rotatable bonds is 3. The molecule has 0 aliphatic heterocycles. The minimum absolute atomic E-state index is 0.0413. The third kappa shape index (κ3) is 3.40. The van der Waals surface area contributed by atoms with Crippen molar-refractivity contribution in [2.24, 2.45) is 5.41 Å². The van der Waals surface area contributed by atoms with Gasteiger partial charge in [0, 0.05) is 14.2 Å². The van der Waals surface area contributed by atoms with Crippen molar-refractivity contribution in [1.29, 1.82) is 0 Å². The van der Waals surface area contributed by atoms with Crippen molar-refractivity contribution in [2.75, 3.05) is 0 Å². The summed E-state index contributed by atoms with van der Waals surface area (Å²) in [6.45, 7) is 6.20. The van der Waals surface area contributed by atoms with Crippen LogP contribution in [-0.2, 0) is 4.79 Å². The Bertz CT molecular complexity index is 473. The minimum Gasteiger partial charge on any atom is -0.349 e. The van der Waals surface area contributed by atoms with Crippen LogP contribution in [0.15, 0.2) is 28.7 Å². The number of carbonyl (C=O) groups is 1. The van der Waals surface area contributed by atoms with Crippen molar-refractivity contribution in [3.8, 4) is 0 Å². The summed E-state index contributed by atoms with van der Waals surface area (Å²) in [5, 5.41) is 3.12. The molecule has 1 saturated carbocycles. The van der Waals surface area contributed by atoms with Crippen LogP contribution < -0.4 is 5.32 Å². The van der Waals surface area contributed by atoms with E-state index in [1.54, 1.807) is 0 Å². The summed E-state index contributed by atoms with van der Waals surface area (Å²) in [6.07, 6.45) is 1.78. The van der Waals surface area contributed by atoms with Gasteiger partial charge in [0.25, 0.3) is 0 Å². The zero-order chi connectivity index (χ0) is 14.3. The molecule has 1 aromatic rings. The van der Waals surface area contributed by atoms with Crippen molar-refractivity contribution < 1.29 is 4.79 Å². The third-order valence-electron chi connectivity index (χ3n) is 3.78. The molecule has 1 atom stereocenters. The lowest BCUT2D eigenvalue weighted by Gasteiger charge is -2.48. The number of benzene rings is 1. The molecule has 104 valence electrons. The topological polar surface area (TPSA) is 29.1 Å². The highest BCUT2D eigenvalue weighted by Crippen LogP contribution is 2.53. The fourth-order valence-electron chi connectivity index (χ4n) is 2.94. The molecule has 1 aromatic carbocycles. The van der Waals surface area contributed by atoms with E-state index in [1.165, 1.54) is 0 Å². The van der Waals surface area contributed by atoms with Gasteiger partial charge in [0.05, 0.1) is 6.04 Å². The number of hydrogen-bond donors (Lipinski definition) is 1. The predicted octanol–water partition coefficient (Wildman–Crippen LogP) is 4.58. The van der Waals surface area contributed by atoms with Crippen LogP contribution in [0.3, 0.4) is 0 Å². The lowest BCUT2D eigenvalue weighted by molar-refractivity contribution is -0.136. The quantitative estimate of drug-likeness (QED) is 0.754. The Morgan fingerprint density at radius 2 is 1.79 bits per heavy atom. The van der Waals surface area contributed by atoms with Gasteiger partial charge in [0.1, 0.15) is 0 Å². The molecule has 0 radical (unpaired) electrons. The first-order valence-electron chi connectivity index (χ1n) is 6.47. The highest BCUT2D eigenvalue weighted by molar-refractivity contribution is 9.10. The first-order valence-corrected chi connectivity index (χ1v) is 8.06. The van der Waals surface area contributed by atoms with E-state index in [0.29, 0.717) is 0 Å². The Labute approximate surface area is 131 Å². The van der Waals surface area contributed by atoms with E-state index >= 15 is 0 Å². The molecular weight excluding hydrogens is 370 g/mol. The van der Waals surface area contributed by atoms with Gasteiger partial charge in [-0.05, 0) is 44.4 Å². The van der Waals surface area contributed by atoms with Crippen molar-refractivity contribution >= 4 is 37.8 Å². The molecular formula is C15H19Br2NO. The summed E-state index contributed by atoms with van der Waals surface area (Å²) in [5.41, 5.74) is 0.892. The van der Waals surface area contributed by atoms with Gasteiger partial charge in [-0.25, -0.2) is 0 Å². The second-order valence-corrected chi connectivity index (χ2v) is 8.90. The first-order chi connectivity index (χ1) is 8.72. The van der Waals surface area contributed by atoms with Gasteiger partial charge in [-0.3, -0.25) is 4.79 Å². The van der Waals surface area contributed by atoms with Gasteiger partial charge in [-0.15, -0.1) is 0 Å². The van der Waals surface area contributed by atoms with E-state index in [2.05, 4.69) is 44.1 Å². The molecule has 4 heteroatoms. The zero-order valence-electron chi connectivity index (χ0n) is 11.5. The van der Waals surface area contributed by atoms with Gasteiger partial charge in [0.2, 0.25) is 5.91 Å². The highest BCUT2D eigenvalue weighted by atomic mass is 79.9. The number of alkyl halides is 1. The van der Waals surface area contributed by atoms with E-state index in [4.69, 9.17) is 0 Å². The molecule has 2 rings (SSSR count). The molecule has 0 heterocycles. The number of hydrogen-bond acceptors (Lipinski definition) is 1. The molecule has 1 amide bonds. The summed E-state index contributed by atoms with van der Waals surface area (Å²) in [4.78, 5) is 12.3. The monoisotopic (exact) mass is 387 g/mol. The number of carbonyl (C=O) groups excluding carboxylic acids is 1. The largest absolute Gasteiger partial charge is 0.349 e. The Kier molecular flexibility index (Phi) is 4.12. The smallest absolute Gasteiger partial charge is 0.226 e. The fraction of sp³-hybridized carbons (Fsp3) is 0.533. The molecule has 2 nitrogen and oxygen atoms in total. The van der Waals surface area contributed by atoms with Crippen LogP contribution in [0.2, 0.25) is 0 Å². The Hall–Kier alpha value is -0.350. The summed E-state index contributed by atoms with van der Waals surface area (Å²) in [5.74, 6) is 0.153. The first kappa shape index (κ1) is 15.0. The minimum atomic E-state index is -0.234. The van der Waals surface area contributed by atoms with Gasteiger partial charge in [-0.2, -0.15) is 0 Å². The summed E-state index contributed by atoms with van der Waals surface area (Å²) in [6, 6.07) is 8.11. The normalized spacial score (nSPS) is 31.4. The summed E-state index contributed by atoms with van der Waals surface area (Å²) >= 11 is 7.06. The molecule has 0 spiro atoms. The number of nitrogens with one attached hydrogen (secondary N) is 1. The lowest BCUT2D eigenvalue weighted by atomic mass is 9.63. The number of amides is 1. The van der Waals surface area contributed by atoms with E-state index < -0.39 is 0 Å². The molecule has 0 bridgehead atoms. The van der Waals surface area contributed by atoms with E-state index in [-0.39, 0.29) is 21.7 Å². The predicted molar refractivity (Wildman–Crippen MR) is 85.4 cm³/mol. The van der Waals surface area contributed by atoms with Crippen molar-refractivity contribution in [2.45, 2.75) is 44.0 Å². The Morgan fingerprint density at radius 3 is 2.26 bits per heavy atom. The standard InChI is InChI=1S/C15H19Br2NO/c1-10(11-4-6-12(16)7-5-11)18-13(19)14(2)8-15(3,17)9-14/h4-7,10H,8-9H2,1-3H3,(H,18,19). The van der Waals surface area contributed by atoms with Crippen LogP contribution in [-0.4, -0.2) is 10.2 Å². The molecule has 0 aromatic heterocycles. The molecule has 1 fully saturated rings. The average Bonchev–Trinajstić information content (AvgIpc) is 2.26. The molecule has 1 aliphatic carbocycles. The van der Waals surface area contributed by atoms with Crippen LogP contribution in [0.25, 0.3) is 0 Å². The molecule has 1 aliphatic rings. The van der Waals surface area contributed by atoms with Crippen molar-refractivity contribution in [3.05, 3.63) is 34.3 Å². The third-order valence-corrected chi connectivity index (χ3v) is 4.87. The van der Waals surface area contributed by atoms with Crippen molar-refractivity contribution in [1.82, 2.24) is 5.32 Å². The Morgan fingerprint density at radius 1 is 1.26 bits per heavy atom. The Balaban J connectivity index is 1.98. The molecule has 0 saturated heterocycles. The van der Waals surface area contributed by atoms with E-state index in [1.807, 2.05) is 38.1 Å². The van der Waals surface area contributed by atoms with Gasteiger partial charge >= 0.3 is 0 Å². The number of halogens is 2. The van der Waals surface area contributed by atoms with Crippen LogP contribution in [0.1, 0.15) is 45.2 Å². The van der Waals surface area contributed by atoms with Crippen LogP contribution >= 0.6 is 31.9 Å². The average molecular weight is 389 g/mol. The maximum atomic E-state index is 12.3. The fourth-order valence-corrected chi connectivity index (χ4v) is 4.44.